The summed E-state index contributed by atoms with van der Waals surface area (Å²) in [6, 6.07) is 4.44. The molecule has 1 atom stereocenters. The van der Waals surface area contributed by atoms with E-state index in [-0.39, 0.29) is 0 Å². The van der Waals surface area contributed by atoms with Crippen LogP contribution in [0.5, 0.6) is 0 Å². The Hall–Kier alpha value is -1.26. The predicted molar refractivity (Wildman–Crippen MR) is 72.2 cm³/mol. The van der Waals surface area contributed by atoms with E-state index >= 15 is 0 Å². The topological polar surface area (TPSA) is 37.8 Å². The molecule has 1 unspecified atom stereocenters. The van der Waals surface area contributed by atoms with Crippen LogP contribution in [-0.4, -0.2) is 17.0 Å². The van der Waals surface area contributed by atoms with Crippen LogP contribution in [0.25, 0.3) is 10.7 Å². The zero-order valence-corrected chi connectivity index (χ0v) is 11.2. The van der Waals surface area contributed by atoms with E-state index in [1.54, 1.807) is 11.3 Å². The Morgan fingerprint density at radius 1 is 1.41 bits per heavy atom. The minimum absolute atomic E-state index is 0.343. The van der Waals surface area contributed by atoms with Crippen LogP contribution in [0.15, 0.2) is 24.5 Å². The maximum absolute atomic E-state index is 4.48. The zero-order chi connectivity index (χ0) is 12.3. The smallest absolute Gasteiger partial charge is 0.142 e. The first-order valence-corrected chi connectivity index (χ1v) is 6.65. The van der Waals surface area contributed by atoms with Gasteiger partial charge in [0.25, 0.3) is 0 Å². The van der Waals surface area contributed by atoms with Gasteiger partial charge >= 0.3 is 0 Å². The minimum atomic E-state index is 0.343. The molecule has 17 heavy (non-hydrogen) atoms. The predicted octanol–water partition coefficient (Wildman–Crippen LogP) is 3.05. The van der Waals surface area contributed by atoms with Crippen LogP contribution >= 0.6 is 11.3 Å². The first-order chi connectivity index (χ1) is 8.26. The SMILES string of the molecule is CCc1cccnc1-c1ncc(C(C)NC)s1. The average molecular weight is 247 g/mol. The van der Waals surface area contributed by atoms with E-state index in [0.29, 0.717) is 6.04 Å². The largest absolute Gasteiger partial charge is 0.312 e. The summed E-state index contributed by atoms with van der Waals surface area (Å²) in [5, 5.41) is 4.24. The summed E-state index contributed by atoms with van der Waals surface area (Å²) < 4.78 is 0. The van der Waals surface area contributed by atoms with Gasteiger partial charge in [-0.25, -0.2) is 4.98 Å². The van der Waals surface area contributed by atoms with Gasteiger partial charge in [-0.05, 0) is 32.0 Å². The third-order valence-corrected chi connectivity index (χ3v) is 4.04. The van der Waals surface area contributed by atoms with Crippen LogP contribution in [-0.2, 0) is 6.42 Å². The number of aryl methyl sites for hydroxylation is 1. The Morgan fingerprint density at radius 2 is 2.24 bits per heavy atom. The molecule has 0 fully saturated rings. The minimum Gasteiger partial charge on any atom is -0.312 e. The first-order valence-electron chi connectivity index (χ1n) is 5.83. The Labute approximate surface area is 106 Å². The average Bonchev–Trinajstić information content (AvgIpc) is 2.87. The summed E-state index contributed by atoms with van der Waals surface area (Å²) >= 11 is 1.71. The van der Waals surface area contributed by atoms with Crippen molar-refractivity contribution >= 4 is 11.3 Å². The number of pyridine rings is 1. The van der Waals surface area contributed by atoms with Crippen molar-refractivity contribution < 1.29 is 0 Å². The molecule has 0 radical (unpaired) electrons. The van der Waals surface area contributed by atoms with Crippen molar-refractivity contribution in [2.75, 3.05) is 7.05 Å². The number of hydrogen-bond acceptors (Lipinski definition) is 4. The van der Waals surface area contributed by atoms with Crippen molar-refractivity contribution in [2.24, 2.45) is 0 Å². The van der Waals surface area contributed by atoms with Crippen LogP contribution in [0.4, 0.5) is 0 Å². The van der Waals surface area contributed by atoms with Crippen LogP contribution < -0.4 is 5.32 Å². The second-order valence-corrected chi connectivity index (χ2v) is 5.01. The summed E-state index contributed by atoms with van der Waals surface area (Å²) in [6.07, 6.45) is 4.76. The first kappa shape index (κ1) is 12.2. The van der Waals surface area contributed by atoms with Crippen LogP contribution in [0.1, 0.15) is 30.3 Å². The molecule has 0 bridgehead atoms. The Morgan fingerprint density at radius 3 is 2.94 bits per heavy atom. The van der Waals surface area contributed by atoms with Crippen molar-refractivity contribution in [1.82, 2.24) is 15.3 Å². The lowest BCUT2D eigenvalue weighted by molar-refractivity contribution is 0.662. The Kier molecular flexibility index (Phi) is 3.86. The normalized spacial score (nSPS) is 12.6. The number of nitrogens with one attached hydrogen (secondary N) is 1. The van der Waals surface area contributed by atoms with E-state index in [0.717, 1.165) is 17.1 Å². The van der Waals surface area contributed by atoms with Gasteiger partial charge < -0.3 is 5.32 Å². The molecule has 2 aromatic rings. The lowest BCUT2D eigenvalue weighted by atomic mass is 10.1. The summed E-state index contributed by atoms with van der Waals surface area (Å²) in [5.41, 5.74) is 2.28. The number of thiazole rings is 1. The van der Waals surface area contributed by atoms with Crippen molar-refractivity contribution in [3.63, 3.8) is 0 Å². The highest BCUT2D eigenvalue weighted by atomic mass is 32.1. The monoisotopic (exact) mass is 247 g/mol. The number of hydrogen-bond donors (Lipinski definition) is 1. The molecule has 0 spiro atoms. The highest BCUT2D eigenvalue weighted by molar-refractivity contribution is 7.15. The van der Waals surface area contributed by atoms with Crippen molar-refractivity contribution in [2.45, 2.75) is 26.3 Å². The molecule has 2 rings (SSSR count). The van der Waals surface area contributed by atoms with Crippen molar-refractivity contribution in [1.29, 1.82) is 0 Å². The summed E-state index contributed by atoms with van der Waals surface area (Å²) in [7, 11) is 1.96. The molecule has 0 aliphatic carbocycles. The quantitative estimate of drug-likeness (QED) is 0.902. The molecule has 90 valence electrons. The van der Waals surface area contributed by atoms with Crippen molar-refractivity contribution in [3.05, 3.63) is 35.0 Å². The second kappa shape index (κ2) is 5.38. The van der Waals surface area contributed by atoms with Crippen LogP contribution in [0.2, 0.25) is 0 Å². The molecule has 0 aromatic carbocycles. The fourth-order valence-electron chi connectivity index (χ4n) is 1.65. The van der Waals surface area contributed by atoms with E-state index < -0.39 is 0 Å². The summed E-state index contributed by atoms with van der Waals surface area (Å²) in [5.74, 6) is 0. The maximum atomic E-state index is 4.48. The highest BCUT2D eigenvalue weighted by Crippen LogP contribution is 2.29. The zero-order valence-electron chi connectivity index (χ0n) is 10.4. The summed E-state index contributed by atoms with van der Waals surface area (Å²) in [6.45, 7) is 4.28. The molecule has 0 aliphatic heterocycles. The molecular formula is C13H17N3S. The van der Waals surface area contributed by atoms with Gasteiger partial charge in [0.05, 0.1) is 0 Å². The van der Waals surface area contributed by atoms with E-state index in [2.05, 4.69) is 35.2 Å². The van der Waals surface area contributed by atoms with E-state index in [1.165, 1.54) is 10.4 Å². The molecular weight excluding hydrogens is 230 g/mol. The molecule has 0 amide bonds. The van der Waals surface area contributed by atoms with Crippen molar-refractivity contribution in [3.8, 4) is 10.7 Å². The number of aromatic nitrogens is 2. The standard InChI is InChI=1S/C13H17N3S/c1-4-10-6-5-7-15-12(10)13-16-8-11(17-13)9(2)14-3/h5-9,14H,4H2,1-3H3. The number of rotatable bonds is 4. The Bertz CT molecular complexity index is 493. The van der Waals surface area contributed by atoms with Gasteiger partial charge in [-0.1, -0.05) is 13.0 Å². The van der Waals surface area contributed by atoms with E-state index in [4.69, 9.17) is 0 Å². The van der Waals surface area contributed by atoms with Gasteiger partial charge in [0.1, 0.15) is 10.7 Å². The fourth-order valence-corrected chi connectivity index (χ4v) is 2.66. The molecule has 2 heterocycles. The van der Waals surface area contributed by atoms with Gasteiger partial charge in [-0.15, -0.1) is 11.3 Å². The van der Waals surface area contributed by atoms with E-state index in [1.807, 2.05) is 25.5 Å². The van der Waals surface area contributed by atoms with Gasteiger partial charge in [0.2, 0.25) is 0 Å². The highest BCUT2D eigenvalue weighted by Gasteiger charge is 2.12. The molecule has 3 nitrogen and oxygen atoms in total. The van der Waals surface area contributed by atoms with Gasteiger partial charge in [0, 0.05) is 23.3 Å². The third kappa shape index (κ3) is 2.53. The maximum Gasteiger partial charge on any atom is 0.142 e. The van der Waals surface area contributed by atoms with E-state index in [9.17, 15) is 0 Å². The van der Waals surface area contributed by atoms with Crippen LogP contribution in [0, 0.1) is 0 Å². The van der Waals surface area contributed by atoms with Gasteiger partial charge in [-0.2, -0.15) is 0 Å². The molecule has 0 aliphatic rings. The van der Waals surface area contributed by atoms with Crippen LogP contribution in [0.3, 0.4) is 0 Å². The van der Waals surface area contributed by atoms with Gasteiger partial charge in [0.15, 0.2) is 0 Å². The second-order valence-electron chi connectivity index (χ2n) is 3.94. The fraction of sp³-hybridized carbons (Fsp3) is 0.385. The lowest BCUT2D eigenvalue weighted by Gasteiger charge is -2.05. The molecule has 4 heteroatoms. The Balaban J connectivity index is 2.37. The lowest BCUT2D eigenvalue weighted by Crippen LogP contribution is -2.10. The summed E-state index contributed by atoms with van der Waals surface area (Å²) in [4.78, 5) is 10.2. The third-order valence-electron chi connectivity index (χ3n) is 2.86. The number of nitrogens with zero attached hydrogens (tertiary/aromatic N) is 2. The molecule has 0 saturated heterocycles. The molecule has 2 aromatic heterocycles. The molecule has 0 saturated carbocycles. The molecule has 1 N–H and O–H groups in total. The van der Waals surface area contributed by atoms with Gasteiger partial charge in [-0.3, -0.25) is 4.98 Å².